The van der Waals surface area contributed by atoms with Crippen LogP contribution in [0.5, 0.6) is 0 Å². The van der Waals surface area contributed by atoms with E-state index in [9.17, 15) is 0 Å². The summed E-state index contributed by atoms with van der Waals surface area (Å²) in [4.78, 5) is 7.06. The molecule has 0 aromatic heterocycles. The fourth-order valence-corrected chi connectivity index (χ4v) is 2.83. The van der Waals surface area contributed by atoms with Gasteiger partial charge in [-0.2, -0.15) is 0 Å². The van der Waals surface area contributed by atoms with E-state index in [-0.39, 0.29) is 0 Å². The summed E-state index contributed by atoms with van der Waals surface area (Å²) in [6, 6.07) is 0.508. The minimum atomic E-state index is 0.508. The van der Waals surface area contributed by atoms with E-state index in [0.717, 1.165) is 32.1 Å². The Bertz CT molecular complexity index is 280. The Morgan fingerprint density at radius 1 is 1.30 bits per heavy atom. The quantitative estimate of drug-likeness (QED) is 0.504. The Hall–Kier alpha value is -0.770. The SMILES string of the molecule is CCN(CC)C(CN=C(N)NCC1CCC1)CC(C)C. The van der Waals surface area contributed by atoms with E-state index in [1.54, 1.807) is 0 Å². The Morgan fingerprint density at radius 3 is 2.40 bits per heavy atom. The minimum absolute atomic E-state index is 0.508. The third kappa shape index (κ3) is 6.12. The fraction of sp³-hybridized carbons (Fsp3) is 0.938. The van der Waals surface area contributed by atoms with Crippen molar-refractivity contribution in [2.24, 2.45) is 22.6 Å². The molecular weight excluding hydrogens is 248 g/mol. The van der Waals surface area contributed by atoms with Gasteiger partial charge in [0.15, 0.2) is 5.96 Å². The van der Waals surface area contributed by atoms with Gasteiger partial charge in [-0.1, -0.05) is 34.1 Å². The summed E-state index contributed by atoms with van der Waals surface area (Å²) in [5.74, 6) is 2.13. The Balaban J connectivity index is 2.41. The van der Waals surface area contributed by atoms with Crippen molar-refractivity contribution in [3.8, 4) is 0 Å². The lowest BCUT2D eigenvalue weighted by atomic mass is 9.85. The van der Waals surface area contributed by atoms with Crippen molar-refractivity contribution in [1.29, 1.82) is 0 Å². The molecule has 1 atom stereocenters. The average Bonchev–Trinajstić information content (AvgIpc) is 2.34. The number of nitrogens with two attached hydrogens (primary N) is 1. The summed E-state index contributed by atoms with van der Waals surface area (Å²) in [6.07, 6.45) is 5.24. The van der Waals surface area contributed by atoms with E-state index >= 15 is 0 Å². The number of nitrogens with one attached hydrogen (secondary N) is 1. The molecule has 20 heavy (non-hydrogen) atoms. The molecule has 0 aliphatic heterocycles. The predicted octanol–water partition coefficient (Wildman–Crippen LogP) is 2.45. The number of aliphatic imine (C=N–C) groups is 1. The zero-order valence-corrected chi connectivity index (χ0v) is 13.9. The van der Waals surface area contributed by atoms with Gasteiger partial charge in [0.25, 0.3) is 0 Å². The molecule has 4 heteroatoms. The van der Waals surface area contributed by atoms with E-state index in [4.69, 9.17) is 5.73 Å². The van der Waals surface area contributed by atoms with Crippen LogP contribution in [0.4, 0.5) is 0 Å². The second-order valence-electron chi connectivity index (χ2n) is 6.41. The molecule has 3 N–H and O–H groups in total. The van der Waals surface area contributed by atoms with Crippen LogP contribution in [0.1, 0.15) is 53.4 Å². The Kier molecular flexibility index (Phi) is 7.97. The smallest absolute Gasteiger partial charge is 0.188 e. The highest BCUT2D eigenvalue weighted by molar-refractivity contribution is 5.77. The van der Waals surface area contributed by atoms with Crippen LogP contribution < -0.4 is 11.1 Å². The van der Waals surface area contributed by atoms with E-state index in [2.05, 4.69) is 42.9 Å². The molecule has 1 rings (SSSR count). The lowest BCUT2D eigenvalue weighted by molar-refractivity contribution is 0.196. The third-order valence-corrected chi connectivity index (χ3v) is 4.34. The van der Waals surface area contributed by atoms with Crippen molar-refractivity contribution in [2.45, 2.75) is 59.4 Å². The van der Waals surface area contributed by atoms with Crippen LogP contribution in [-0.4, -0.2) is 43.1 Å². The molecule has 0 aromatic rings. The summed E-state index contributed by atoms with van der Waals surface area (Å²) < 4.78 is 0. The zero-order valence-electron chi connectivity index (χ0n) is 13.9. The predicted molar refractivity (Wildman–Crippen MR) is 88.0 cm³/mol. The van der Waals surface area contributed by atoms with Gasteiger partial charge in [0.1, 0.15) is 0 Å². The minimum Gasteiger partial charge on any atom is -0.370 e. The maximum Gasteiger partial charge on any atom is 0.188 e. The number of hydrogen-bond donors (Lipinski definition) is 2. The van der Waals surface area contributed by atoms with Gasteiger partial charge in [-0.3, -0.25) is 9.89 Å². The lowest BCUT2D eigenvalue weighted by Gasteiger charge is -2.30. The first-order valence-corrected chi connectivity index (χ1v) is 8.34. The van der Waals surface area contributed by atoms with Gasteiger partial charge in [-0.15, -0.1) is 0 Å². The second-order valence-corrected chi connectivity index (χ2v) is 6.41. The monoisotopic (exact) mass is 282 g/mol. The van der Waals surface area contributed by atoms with Gasteiger partial charge in [-0.25, -0.2) is 0 Å². The summed E-state index contributed by atoms with van der Waals surface area (Å²) >= 11 is 0. The number of rotatable bonds is 9. The summed E-state index contributed by atoms with van der Waals surface area (Å²) in [6.45, 7) is 13.0. The lowest BCUT2D eigenvalue weighted by Crippen LogP contribution is -2.41. The first-order valence-electron chi connectivity index (χ1n) is 8.34. The second kappa shape index (κ2) is 9.22. The highest BCUT2D eigenvalue weighted by atomic mass is 15.2. The molecule has 118 valence electrons. The standard InChI is InChI=1S/C16H34N4/c1-5-20(6-2)15(10-13(3)4)12-19-16(17)18-11-14-8-7-9-14/h13-15H,5-12H2,1-4H3,(H3,17,18,19). The molecule has 1 fully saturated rings. The molecule has 0 amide bonds. The number of guanidine groups is 1. The van der Waals surface area contributed by atoms with Gasteiger partial charge < -0.3 is 11.1 Å². The molecule has 1 unspecified atom stereocenters. The van der Waals surface area contributed by atoms with Crippen molar-refractivity contribution in [2.75, 3.05) is 26.2 Å². The molecule has 0 aromatic carbocycles. The average molecular weight is 282 g/mol. The van der Waals surface area contributed by atoms with Crippen LogP contribution >= 0.6 is 0 Å². The van der Waals surface area contributed by atoms with Gasteiger partial charge in [-0.05, 0) is 44.2 Å². The Labute approximate surface area is 125 Å². The fourth-order valence-electron chi connectivity index (χ4n) is 2.83. The van der Waals surface area contributed by atoms with Gasteiger partial charge in [0, 0.05) is 12.6 Å². The molecule has 0 saturated heterocycles. The van der Waals surface area contributed by atoms with Gasteiger partial charge >= 0.3 is 0 Å². The largest absolute Gasteiger partial charge is 0.370 e. The zero-order chi connectivity index (χ0) is 15.0. The molecule has 1 aliphatic carbocycles. The van der Waals surface area contributed by atoms with E-state index in [1.165, 1.54) is 25.7 Å². The molecule has 0 heterocycles. The van der Waals surface area contributed by atoms with Crippen molar-refractivity contribution in [3.05, 3.63) is 0 Å². The molecule has 1 aliphatic rings. The van der Waals surface area contributed by atoms with Crippen molar-refractivity contribution in [1.82, 2.24) is 10.2 Å². The van der Waals surface area contributed by atoms with E-state index in [1.807, 2.05) is 0 Å². The van der Waals surface area contributed by atoms with Crippen molar-refractivity contribution < 1.29 is 0 Å². The van der Waals surface area contributed by atoms with Crippen LogP contribution in [0.25, 0.3) is 0 Å². The molecule has 1 saturated carbocycles. The molecule has 0 spiro atoms. The van der Waals surface area contributed by atoms with Gasteiger partial charge in [0.05, 0.1) is 6.54 Å². The van der Waals surface area contributed by atoms with Gasteiger partial charge in [0.2, 0.25) is 0 Å². The summed E-state index contributed by atoms with van der Waals surface area (Å²) in [7, 11) is 0. The maximum absolute atomic E-state index is 5.98. The van der Waals surface area contributed by atoms with Crippen LogP contribution in [0.15, 0.2) is 4.99 Å². The third-order valence-electron chi connectivity index (χ3n) is 4.34. The van der Waals surface area contributed by atoms with E-state index < -0.39 is 0 Å². The number of nitrogens with zero attached hydrogens (tertiary/aromatic N) is 2. The normalized spacial score (nSPS) is 18.4. The summed E-state index contributed by atoms with van der Waals surface area (Å²) in [5.41, 5.74) is 5.98. The van der Waals surface area contributed by atoms with Crippen LogP contribution in [0, 0.1) is 11.8 Å². The van der Waals surface area contributed by atoms with Crippen LogP contribution in [-0.2, 0) is 0 Å². The molecule has 0 bridgehead atoms. The molecular formula is C16H34N4. The Morgan fingerprint density at radius 2 is 1.95 bits per heavy atom. The number of hydrogen-bond acceptors (Lipinski definition) is 2. The maximum atomic E-state index is 5.98. The van der Waals surface area contributed by atoms with Crippen LogP contribution in [0.2, 0.25) is 0 Å². The highest BCUT2D eigenvalue weighted by Crippen LogP contribution is 2.24. The van der Waals surface area contributed by atoms with Crippen LogP contribution in [0.3, 0.4) is 0 Å². The highest BCUT2D eigenvalue weighted by Gasteiger charge is 2.18. The first-order chi connectivity index (χ1) is 9.56. The van der Waals surface area contributed by atoms with Crippen molar-refractivity contribution >= 4 is 5.96 Å². The number of likely N-dealkylation sites (N-methyl/N-ethyl adjacent to an activating group) is 1. The van der Waals surface area contributed by atoms with E-state index in [0.29, 0.717) is 17.9 Å². The van der Waals surface area contributed by atoms with Crippen molar-refractivity contribution in [3.63, 3.8) is 0 Å². The summed E-state index contributed by atoms with van der Waals surface area (Å²) in [5, 5.41) is 3.28. The first kappa shape index (κ1) is 17.3. The molecule has 4 nitrogen and oxygen atoms in total. The molecule has 0 radical (unpaired) electrons. The topological polar surface area (TPSA) is 53.6 Å².